The molecular formula is C47H63NO10S. The van der Waals surface area contributed by atoms with Crippen LogP contribution in [0.4, 0.5) is 0 Å². The largest absolute Gasteiger partial charge is 0.465 e. The van der Waals surface area contributed by atoms with Crippen LogP contribution in [-0.4, -0.2) is 92.8 Å². The van der Waals surface area contributed by atoms with E-state index in [9.17, 15) is 24.6 Å². The maximum absolute atomic E-state index is 13.9. The fourth-order valence-corrected chi connectivity index (χ4v) is 16.3. The molecule has 9 aliphatic rings. The molecule has 0 radical (unpaired) electrons. The average molecular weight is 834 g/mol. The zero-order valence-corrected chi connectivity index (χ0v) is 35.7. The van der Waals surface area contributed by atoms with Crippen LogP contribution in [0.2, 0.25) is 0 Å². The predicted molar refractivity (Wildman–Crippen MR) is 219 cm³/mol. The fourth-order valence-electron chi connectivity index (χ4n) is 14.6. The predicted octanol–water partition coefficient (Wildman–Crippen LogP) is 6.63. The first-order valence-corrected chi connectivity index (χ1v) is 23.7. The van der Waals surface area contributed by atoms with Gasteiger partial charge in [0.25, 0.3) is 0 Å². The summed E-state index contributed by atoms with van der Waals surface area (Å²) >= 11 is 1.59. The molecule has 4 heterocycles. The van der Waals surface area contributed by atoms with Crippen LogP contribution in [0.15, 0.2) is 42.5 Å². The van der Waals surface area contributed by atoms with Crippen LogP contribution >= 0.6 is 11.8 Å². The lowest BCUT2D eigenvalue weighted by atomic mass is 9.42. The number of thioether (sulfide) groups is 1. The van der Waals surface area contributed by atoms with Gasteiger partial charge in [0.1, 0.15) is 11.0 Å². The third-order valence-corrected chi connectivity index (χ3v) is 19.1. The molecule has 0 bridgehead atoms. The van der Waals surface area contributed by atoms with Crippen LogP contribution in [0.25, 0.3) is 0 Å². The molecule has 3 N–H and O–H groups in total. The molecule has 1 spiro atoms. The minimum Gasteiger partial charge on any atom is -0.465 e. The van der Waals surface area contributed by atoms with Crippen LogP contribution in [0.3, 0.4) is 0 Å². The molecule has 3 saturated heterocycles. The van der Waals surface area contributed by atoms with Crippen molar-refractivity contribution in [2.75, 3.05) is 12.4 Å². The van der Waals surface area contributed by atoms with Gasteiger partial charge in [0, 0.05) is 53.0 Å². The number of carbonyl (C=O) groups is 3. The first-order valence-electron chi connectivity index (χ1n) is 22.8. The summed E-state index contributed by atoms with van der Waals surface area (Å²) in [7, 11) is 0. The molecule has 0 aromatic heterocycles. The second-order valence-electron chi connectivity index (χ2n) is 20.4. The van der Waals surface area contributed by atoms with Gasteiger partial charge >= 0.3 is 11.9 Å². The van der Waals surface area contributed by atoms with Crippen LogP contribution in [0.5, 0.6) is 0 Å². The number of ketones is 1. The topological polar surface area (TPSA) is 150 Å². The summed E-state index contributed by atoms with van der Waals surface area (Å²) in [5.74, 6) is -3.04. The third kappa shape index (κ3) is 6.21. The summed E-state index contributed by atoms with van der Waals surface area (Å²) in [6.45, 7) is 6.28. The van der Waals surface area contributed by atoms with E-state index in [2.05, 4.69) is 12.2 Å². The van der Waals surface area contributed by atoms with E-state index in [0.29, 0.717) is 37.0 Å². The lowest BCUT2D eigenvalue weighted by molar-refractivity contribution is -0.493. The molecule has 15 unspecified atom stereocenters. The van der Waals surface area contributed by atoms with Gasteiger partial charge in [0.15, 0.2) is 5.78 Å². The summed E-state index contributed by atoms with van der Waals surface area (Å²) in [5, 5.41) is 30.0. The van der Waals surface area contributed by atoms with Gasteiger partial charge in [-0.1, -0.05) is 56.5 Å². The molecule has 4 aliphatic heterocycles. The summed E-state index contributed by atoms with van der Waals surface area (Å²) in [5.41, 5.74) is -1.25. The van der Waals surface area contributed by atoms with Gasteiger partial charge in [0.2, 0.25) is 11.6 Å². The Kier molecular flexibility index (Phi) is 10.1. The van der Waals surface area contributed by atoms with Gasteiger partial charge in [-0.25, -0.2) is 4.79 Å². The molecule has 5 saturated carbocycles. The van der Waals surface area contributed by atoms with Crippen molar-refractivity contribution in [3.63, 3.8) is 0 Å². The number of ether oxygens (including phenoxy) is 5. The zero-order chi connectivity index (χ0) is 41.0. The first-order chi connectivity index (χ1) is 28.2. The van der Waals surface area contributed by atoms with Gasteiger partial charge in [-0.15, -0.1) is 11.8 Å². The number of esters is 2. The Labute approximate surface area is 352 Å². The van der Waals surface area contributed by atoms with E-state index in [-0.39, 0.29) is 84.7 Å². The molecule has 0 amide bonds. The van der Waals surface area contributed by atoms with Crippen molar-refractivity contribution < 1.29 is 48.3 Å². The summed E-state index contributed by atoms with van der Waals surface area (Å²) < 4.78 is 33.1. The summed E-state index contributed by atoms with van der Waals surface area (Å²) in [6, 6.07) is 9.14. The standard InChI is InChI=1S/C47H63NO10S/c1-28-24-46(48-32(26-59-46)23-36(49)29-10-6-4-7-11-29)47(53)43(3,56-28)57-38-22-31-14-15-34-33(18-20-42(2)35(19-21-45(34,42)52)37-16-17-40(50)55-37)44(31,25-39(38)58-47)27-54-41(51)30-12-8-5-9-13-30/h4,6-7,10-11,16-17,28,30-35,37-39,48,52-53H,5,8-9,12-15,18-27H2,1-3H3. The lowest BCUT2D eigenvalue weighted by Gasteiger charge is -2.68. The molecule has 1 aromatic carbocycles. The Bertz CT molecular complexity index is 1860. The highest BCUT2D eigenvalue weighted by molar-refractivity contribution is 8.01. The molecule has 1 aromatic rings. The number of nitrogens with one attached hydrogen (secondary N) is 1. The van der Waals surface area contributed by atoms with Crippen molar-refractivity contribution in [2.24, 2.45) is 40.4 Å². The van der Waals surface area contributed by atoms with E-state index in [0.717, 1.165) is 64.2 Å². The van der Waals surface area contributed by atoms with Gasteiger partial charge in [-0.05, 0) is 102 Å². The van der Waals surface area contributed by atoms with Crippen LogP contribution in [0.1, 0.15) is 127 Å². The smallest absolute Gasteiger partial charge is 0.331 e. The highest BCUT2D eigenvalue weighted by Gasteiger charge is 2.76. The number of hydrogen-bond donors (Lipinski definition) is 3. The molecule has 8 fully saturated rings. The van der Waals surface area contributed by atoms with E-state index in [1.54, 1.807) is 18.7 Å². The average Bonchev–Trinajstić information content (AvgIpc) is 3.91. The van der Waals surface area contributed by atoms with Crippen molar-refractivity contribution in [1.29, 1.82) is 0 Å². The van der Waals surface area contributed by atoms with Gasteiger partial charge in [-0.3, -0.25) is 14.9 Å². The number of benzene rings is 1. The Morgan fingerprint density at radius 3 is 2.44 bits per heavy atom. The SMILES string of the molecule is CC1CC2(NC(CC(=O)c3ccccc3)CS2)C2(O)OC3CC4(COC(=O)C5CCCCC5)C(CCC5C4CCC4(C)C(C6C=CC(=O)O6)CCC54O)CC3OC2(C)O1. The van der Waals surface area contributed by atoms with E-state index < -0.39 is 39.0 Å². The van der Waals surface area contributed by atoms with Gasteiger partial charge < -0.3 is 33.9 Å². The number of aliphatic hydroxyl groups is 2. The normalized spacial score (nSPS) is 49.0. The van der Waals surface area contributed by atoms with E-state index in [1.807, 2.05) is 43.3 Å². The minimum atomic E-state index is -1.90. The van der Waals surface area contributed by atoms with E-state index in [1.165, 1.54) is 6.08 Å². The van der Waals surface area contributed by atoms with Crippen LogP contribution in [-0.2, 0) is 33.3 Å². The summed E-state index contributed by atoms with van der Waals surface area (Å²) in [4.78, 5) is 38.5. The Hall–Kier alpha value is -2.32. The molecule has 15 atom stereocenters. The second-order valence-corrected chi connectivity index (χ2v) is 21.7. The van der Waals surface area contributed by atoms with Crippen LogP contribution in [0, 0.1) is 40.4 Å². The molecule has 10 rings (SSSR count). The highest BCUT2D eigenvalue weighted by atomic mass is 32.2. The molecule has 59 heavy (non-hydrogen) atoms. The number of carbonyl (C=O) groups excluding carboxylic acids is 3. The van der Waals surface area contributed by atoms with E-state index >= 15 is 0 Å². The van der Waals surface area contributed by atoms with Crippen molar-refractivity contribution in [3.8, 4) is 0 Å². The first kappa shape index (κ1) is 40.7. The summed E-state index contributed by atoms with van der Waals surface area (Å²) in [6.07, 6.45) is 13.6. The molecule has 5 aliphatic carbocycles. The number of fused-ring (bicyclic) bond motifs is 8. The third-order valence-electron chi connectivity index (χ3n) is 17.5. The van der Waals surface area contributed by atoms with Crippen molar-refractivity contribution in [3.05, 3.63) is 48.0 Å². The molecule has 12 heteroatoms. The minimum absolute atomic E-state index is 0.0276. The van der Waals surface area contributed by atoms with Crippen molar-refractivity contribution >= 4 is 29.5 Å². The zero-order valence-electron chi connectivity index (χ0n) is 34.9. The van der Waals surface area contributed by atoms with Crippen molar-refractivity contribution in [1.82, 2.24) is 5.32 Å². The number of hydrogen-bond acceptors (Lipinski definition) is 12. The van der Waals surface area contributed by atoms with Crippen molar-refractivity contribution in [2.45, 2.75) is 170 Å². The number of Topliss-reactive ketones (excluding diaryl/α,β-unsaturated/α-hetero) is 1. The number of cyclic esters (lactones) is 1. The molecular weight excluding hydrogens is 771 g/mol. The lowest BCUT2D eigenvalue weighted by Crippen LogP contribution is -2.81. The fraction of sp³-hybridized carbons (Fsp3) is 0.766. The Morgan fingerprint density at radius 2 is 1.68 bits per heavy atom. The Balaban J connectivity index is 0.959. The monoisotopic (exact) mass is 833 g/mol. The molecule has 322 valence electrons. The highest BCUT2D eigenvalue weighted by Crippen LogP contribution is 2.71. The van der Waals surface area contributed by atoms with Gasteiger partial charge in [-0.2, -0.15) is 0 Å². The molecule has 11 nitrogen and oxygen atoms in total. The quantitative estimate of drug-likeness (QED) is 0.154. The Morgan fingerprint density at radius 1 is 0.898 bits per heavy atom. The second kappa shape index (κ2) is 14.6. The number of rotatable bonds is 7. The van der Waals surface area contributed by atoms with Gasteiger partial charge in [0.05, 0.1) is 36.4 Å². The van der Waals surface area contributed by atoms with Crippen LogP contribution < -0.4 is 5.32 Å². The maximum atomic E-state index is 13.9. The van der Waals surface area contributed by atoms with E-state index in [4.69, 9.17) is 23.7 Å². The maximum Gasteiger partial charge on any atom is 0.331 e.